The summed E-state index contributed by atoms with van der Waals surface area (Å²) in [6.45, 7) is 12.9. The zero-order valence-corrected chi connectivity index (χ0v) is 69.2. The van der Waals surface area contributed by atoms with Crippen molar-refractivity contribution < 1.29 is 127 Å². The number of carboxylic acids is 1. The van der Waals surface area contributed by atoms with Gasteiger partial charge in [-0.1, -0.05) is 100.0 Å². The SMILES string of the molecule is C=CCCCOc1cc(CN[C@@]2(C)C[C@H](O[C@H]3[C@H](Oc4c5cc6cc4Oc4ccc(cc4Cl)[C@@H](O)[C@@H](NC(=O)[C@@H](CC(C)C)NC)C(=O)N[C@@H](CC(N)=O)C(=O)N[C@H]6C(=O)N[C@H]4C(=O)N[C@H](C(=O)N[C@H](C(=O)O)c6cc(O)cc(O)c6-c6cc4ccc6O)[C@H](O)c4ccc(c(Cl)c4)O5)O[C@H](CO)[C@@H](O)[C@@H]3O)O[C@@H](C)[C@H]2O)ccc1OCCCCCCC. The number of phenolic OH excluding ortho intramolecular Hbond substituents is 3. The van der Waals surface area contributed by atoms with Gasteiger partial charge in [0.05, 0.1) is 54.5 Å². The van der Waals surface area contributed by atoms with E-state index in [2.05, 4.69) is 56.0 Å². The van der Waals surface area contributed by atoms with Crippen LogP contribution in [0.5, 0.6) is 57.5 Å². The minimum atomic E-state index is -2.37. The zero-order valence-electron chi connectivity index (χ0n) is 67.7. The number of halogens is 2. The number of carbonyl (C=O) groups excluding carboxylic acids is 7. The summed E-state index contributed by atoms with van der Waals surface area (Å²) in [7, 11) is 1.48. The molecule has 122 heavy (non-hydrogen) atoms. The van der Waals surface area contributed by atoms with Crippen molar-refractivity contribution in [3.05, 3.63) is 153 Å². The molecule has 0 radical (unpaired) electrons. The average Bonchev–Trinajstić information content (AvgIpc) is 0.765. The number of hydrogen-bond acceptors (Lipinski definition) is 27. The van der Waals surface area contributed by atoms with E-state index in [1.165, 1.54) is 19.2 Å². The number of benzene rings is 6. The fourth-order valence-electron chi connectivity index (χ4n) is 15.1. The van der Waals surface area contributed by atoms with Crippen molar-refractivity contribution in [2.75, 3.05) is 26.9 Å². The van der Waals surface area contributed by atoms with Crippen molar-refractivity contribution in [3.63, 3.8) is 0 Å². The Hall–Kier alpha value is -10.6. The lowest BCUT2D eigenvalue weighted by molar-refractivity contribution is -0.334. The third-order valence-electron chi connectivity index (χ3n) is 21.8. The van der Waals surface area contributed by atoms with E-state index in [0.29, 0.717) is 37.6 Å². The standard InChI is InChI=1S/C85H103Cl2N9O26/c1-8-10-12-13-15-25-115-57-21-16-41(27-58(57)116-24-14-11-9-2)37-90-85(6)36-63(117-40(5)76(85)106)121-75-73(105)72(104)61(38-97)120-84(75)122-74-59-31-45-32-60(74)119-56-23-19-44(30-50(56)87)71(103)69-82(112)94-67(83(113)114)48-33-46(98)34-54(100)64(48)47-28-42(17-20-53(47)99)65(79(109)96-69)93-80(110)66(45)92-78(108)52(35-62(88)101)91-81(111)68(95-77(107)51(89-7)26-39(3)4)70(102)43-18-22-55(118-59)49(86)29-43/h9,16-23,27-34,39-40,51-52,61,63,65-73,75-76,84,89-90,97-100,102-106H,2,8,10-15,24-26,35-38H2,1,3-7H3,(H2,88,101)(H,91,111)(H,92,108)(H,93,110)(H,94,112)(H,95,107)(H,96,109)(H,113,114)/t40-,51+,52-,61+,63-,65+,66+,67-,68+,69-,70+,71+,72+,73-,75+,76+,84-,85-/m0/s1. The second-order valence-corrected chi connectivity index (χ2v) is 32.1. The summed E-state index contributed by atoms with van der Waals surface area (Å²) in [5.41, 5.74) is 2.37. The van der Waals surface area contributed by atoms with E-state index in [1.54, 1.807) is 19.9 Å². The largest absolute Gasteiger partial charge is 0.508 e. The van der Waals surface area contributed by atoms with Crippen molar-refractivity contribution in [1.29, 1.82) is 0 Å². The lowest BCUT2D eigenvalue weighted by atomic mass is 9.84. The van der Waals surface area contributed by atoms with E-state index >= 15 is 19.2 Å². The highest BCUT2D eigenvalue weighted by Crippen LogP contribution is 2.50. The number of aliphatic hydroxyl groups excluding tert-OH is 6. The highest BCUT2D eigenvalue weighted by atomic mass is 35.5. The highest BCUT2D eigenvalue weighted by Gasteiger charge is 2.52. The summed E-state index contributed by atoms with van der Waals surface area (Å²) in [4.78, 5) is 118. The third kappa shape index (κ3) is 21.5. The zero-order chi connectivity index (χ0) is 88.3. The number of nitrogens with one attached hydrogen (secondary N) is 8. The normalized spacial score (nSPS) is 26.3. The fraction of sp³-hybridized carbons (Fsp3) is 0.459. The Labute approximate surface area is 711 Å². The van der Waals surface area contributed by atoms with Gasteiger partial charge in [-0.25, -0.2) is 4.79 Å². The van der Waals surface area contributed by atoms with E-state index < -0.39 is 237 Å². The molecule has 0 aliphatic carbocycles. The van der Waals surface area contributed by atoms with Crippen LogP contribution in [0.3, 0.4) is 0 Å². The number of aliphatic hydroxyl groups is 6. The number of carboxylic acid groups (broad SMARTS) is 1. The number of amides is 7. The quantitative estimate of drug-likeness (QED) is 0.0209. The molecular weight excluding hydrogens is 1630 g/mol. The van der Waals surface area contributed by atoms with Gasteiger partial charge in [-0.05, 0) is 147 Å². The Morgan fingerprint density at radius 2 is 1.34 bits per heavy atom. The number of hydrogen-bond donors (Lipinski definition) is 19. The van der Waals surface area contributed by atoms with Gasteiger partial charge in [0.25, 0.3) is 0 Å². The molecule has 2 fully saturated rings. The second-order valence-electron chi connectivity index (χ2n) is 31.3. The molecule has 6 aromatic rings. The number of aliphatic carboxylic acids is 1. The van der Waals surface area contributed by atoms with Crippen molar-refractivity contribution in [2.24, 2.45) is 11.7 Å². The molecule has 37 heteroatoms. The molecule has 7 amide bonds. The Morgan fingerprint density at radius 1 is 0.697 bits per heavy atom. The van der Waals surface area contributed by atoms with Crippen molar-refractivity contribution in [1.82, 2.24) is 42.5 Å². The van der Waals surface area contributed by atoms with Crippen LogP contribution in [0.4, 0.5) is 0 Å². The van der Waals surface area contributed by atoms with Gasteiger partial charge in [0, 0.05) is 41.3 Å². The molecule has 0 spiro atoms. The molecule has 0 saturated carbocycles. The smallest absolute Gasteiger partial charge is 0.330 e. The number of fused-ring (bicyclic) bond motifs is 15. The van der Waals surface area contributed by atoms with E-state index in [0.717, 1.165) is 104 Å². The Bertz CT molecular complexity index is 4850. The molecule has 11 bridgehead atoms. The molecule has 7 heterocycles. The van der Waals surface area contributed by atoms with Crippen molar-refractivity contribution in [3.8, 4) is 68.6 Å². The molecule has 0 aromatic heterocycles. The number of allylic oxidation sites excluding steroid dienone is 1. The van der Waals surface area contributed by atoms with Gasteiger partial charge < -0.3 is 137 Å². The van der Waals surface area contributed by atoms with Gasteiger partial charge in [0.15, 0.2) is 41.4 Å². The summed E-state index contributed by atoms with van der Waals surface area (Å²) < 4.78 is 52.2. The molecule has 658 valence electrons. The van der Waals surface area contributed by atoms with E-state index in [-0.39, 0.29) is 52.8 Å². The van der Waals surface area contributed by atoms with E-state index in [4.69, 9.17) is 66.8 Å². The maximum Gasteiger partial charge on any atom is 0.330 e. The molecule has 13 rings (SSSR count). The summed E-state index contributed by atoms with van der Waals surface area (Å²) >= 11 is 14.3. The maximum absolute atomic E-state index is 16.3. The number of phenols is 3. The van der Waals surface area contributed by atoms with Crippen LogP contribution < -0.4 is 72.0 Å². The molecule has 20 N–H and O–H groups in total. The van der Waals surface area contributed by atoms with Gasteiger partial charge >= 0.3 is 5.97 Å². The molecule has 7 aliphatic heterocycles. The minimum Gasteiger partial charge on any atom is -0.508 e. The number of rotatable bonds is 28. The monoisotopic (exact) mass is 1740 g/mol. The Morgan fingerprint density at radius 3 is 1.98 bits per heavy atom. The van der Waals surface area contributed by atoms with Gasteiger partial charge in [-0.15, -0.1) is 6.58 Å². The number of unbranched alkanes of at least 4 members (excludes halogenated alkanes) is 5. The molecular formula is C85H103Cl2N9O26. The van der Waals surface area contributed by atoms with Crippen LogP contribution in [0.2, 0.25) is 10.0 Å². The number of ether oxygens (including phenoxy) is 8. The lowest BCUT2D eigenvalue weighted by Gasteiger charge is -2.48. The molecule has 6 aromatic carbocycles. The van der Waals surface area contributed by atoms with Crippen molar-refractivity contribution >= 4 is 70.5 Å². The van der Waals surface area contributed by atoms with Gasteiger partial charge in [-0.2, -0.15) is 0 Å². The van der Waals surface area contributed by atoms with Crippen LogP contribution in [-0.2, 0) is 59.1 Å². The molecule has 2 saturated heterocycles. The minimum absolute atomic E-state index is 0.110. The number of likely N-dealkylation sites (N-methyl/N-ethyl adjacent to an activating group) is 1. The Kier molecular flexibility index (Phi) is 30.6. The second kappa shape index (κ2) is 40.6. The molecule has 0 unspecified atom stereocenters. The topological polar surface area (TPSA) is 535 Å². The van der Waals surface area contributed by atoms with E-state index in [1.807, 2.05) is 32.0 Å². The molecule has 35 nitrogen and oxygen atoms in total. The number of carbonyl (C=O) groups is 8. The highest BCUT2D eigenvalue weighted by molar-refractivity contribution is 6.32. The summed E-state index contributed by atoms with van der Waals surface area (Å²) in [5.74, 6) is -15.0. The van der Waals surface area contributed by atoms with E-state index in [9.17, 15) is 70.2 Å². The number of primary amides is 1. The van der Waals surface area contributed by atoms with Crippen LogP contribution >= 0.6 is 23.2 Å². The predicted molar refractivity (Wildman–Crippen MR) is 438 cm³/mol. The molecule has 7 aliphatic rings. The van der Waals surface area contributed by atoms with Crippen LogP contribution in [0.25, 0.3) is 11.1 Å². The first kappa shape index (κ1) is 92.1. The predicted octanol–water partition coefficient (Wildman–Crippen LogP) is 5.63. The van der Waals surface area contributed by atoms with Crippen molar-refractivity contribution in [2.45, 2.75) is 215 Å². The summed E-state index contributed by atoms with van der Waals surface area (Å²) in [6, 6.07) is 4.85. The number of aromatic hydroxyl groups is 3. The first-order valence-electron chi connectivity index (χ1n) is 40.0. The van der Waals surface area contributed by atoms with Gasteiger partial charge in [0.1, 0.15) is 89.5 Å². The van der Waals surface area contributed by atoms with Crippen LogP contribution in [0.1, 0.15) is 163 Å². The number of nitrogens with two attached hydrogens (primary N) is 1. The van der Waals surface area contributed by atoms with Gasteiger partial charge in [-0.3, -0.25) is 33.6 Å². The Balaban J connectivity index is 1.08. The maximum atomic E-state index is 16.3. The fourth-order valence-corrected chi connectivity index (χ4v) is 15.6. The van der Waals surface area contributed by atoms with Crippen LogP contribution in [-0.4, -0.2) is 204 Å². The first-order valence-corrected chi connectivity index (χ1v) is 40.8. The summed E-state index contributed by atoms with van der Waals surface area (Å²) in [6.07, 6.45) is -10.5. The van der Waals surface area contributed by atoms with Crippen LogP contribution in [0.15, 0.2) is 110 Å². The summed E-state index contributed by atoms with van der Waals surface area (Å²) in [5, 5.41) is 137. The van der Waals surface area contributed by atoms with Gasteiger partial charge in [0.2, 0.25) is 53.4 Å². The average molecular weight is 1740 g/mol. The third-order valence-corrected chi connectivity index (χ3v) is 22.3. The van der Waals surface area contributed by atoms with Crippen LogP contribution in [0, 0.1) is 5.92 Å². The lowest BCUT2D eigenvalue weighted by Crippen LogP contribution is -2.65. The first-order chi connectivity index (χ1) is 58.1. The molecule has 18 atom stereocenters.